The highest BCUT2D eigenvalue weighted by Gasteiger charge is 2.17. The standard InChI is InChI=1S/C42H26O/c1-2-11-30-26-31(25-20-27(30)10-1)41-36-15-5-3-13-34(36)40(35-14-4-6-16-37(35)41)29-23-21-28(22-24-29)32-17-9-18-38-33-12-7-8-19-39(33)43-42(32)38/h1-26H/i3D,4D,5D,6D,7D,8D,9D,12D,17D,18D,19D. The summed E-state index contributed by atoms with van der Waals surface area (Å²) in [7, 11) is 0. The minimum atomic E-state index is -0.492. The molecular formula is C42H26O. The van der Waals surface area contributed by atoms with E-state index in [1.807, 2.05) is 36.4 Å². The fraction of sp³-hybridized carbons (Fsp3) is 0. The average Bonchev–Trinajstić information content (AvgIpc) is 3.57. The minimum Gasteiger partial charge on any atom is -0.455 e. The highest BCUT2D eigenvalue weighted by atomic mass is 16.3. The van der Waals surface area contributed by atoms with Crippen LogP contribution in [0.1, 0.15) is 15.1 Å². The molecule has 1 aromatic heterocycles. The molecule has 0 saturated carbocycles. The second-order valence-electron chi connectivity index (χ2n) is 10.5. The van der Waals surface area contributed by atoms with Crippen LogP contribution >= 0.6 is 0 Å². The molecule has 0 fully saturated rings. The molecule has 0 amide bonds. The van der Waals surface area contributed by atoms with Gasteiger partial charge in [-0.25, -0.2) is 0 Å². The van der Waals surface area contributed by atoms with Crippen molar-refractivity contribution in [3.05, 3.63) is 157 Å². The van der Waals surface area contributed by atoms with Crippen LogP contribution < -0.4 is 0 Å². The zero-order chi connectivity index (χ0) is 37.9. The topological polar surface area (TPSA) is 13.1 Å². The summed E-state index contributed by atoms with van der Waals surface area (Å²) in [6, 6.07) is 25.0. The van der Waals surface area contributed by atoms with Gasteiger partial charge in [-0.3, -0.25) is 0 Å². The van der Waals surface area contributed by atoms with Crippen molar-refractivity contribution in [1.29, 1.82) is 0 Å². The van der Waals surface area contributed by atoms with Crippen LogP contribution in [0.4, 0.5) is 0 Å². The van der Waals surface area contributed by atoms with E-state index < -0.39 is 30.2 Å². The zero-order valence-electron chi connectivity index (χ0n) is 33.6. The lowest BCUT2D eigenvalue weighted by Gasteiger charge is -2.18. The van der Waals surface area contributed by atoms with Crippen LogP contribution in [0.15, 0.2) is 162 Å². The van der Waals surface area contributed by atoms with Gasteiger partial charge < -0.3 is 4.42 Å². The van der Waals surface area contributed by atoms with Gasteiger partial charge in [-0.2, -0.15) is 0 Å². The van der Waals surface area contributed by atoms with E-state index in [1.165, 1.54) is 0 Å². The summed E-state index contributed by atoms with van der Waals surface area (Å²) in [6.45, 7) is 0. The van der Waals surface area contributed by atoms with E-state index in [2.05, 4.69) is 6.07 Å². The summed E-state index contributed by atoms with van der Waals surface area (Å²) >= 11 is 0. The largest absolute Gasteiger partial charge is 0.455 e. The molecule has 1 heterocycles. The highest BCUT2D eigenvalue weighted by molar-refractivity contribution is 6.21. The maximum absolute atomic E-state index is 8.89. The lowest BCUT2D eigenvalue weighted by atomic mass is 9.85. The molecule has 0 aliphatic rings. The molecule has 0 aliphatic carbocycles. The van der Waals surface area contributed by atoms with Crippen LogP contribution in [-0.4, -0.2) is 0 Å². The normalized spacial score (nSPS) is 15.3. The Morgan fingerprint density at radius 2 is 1.00 bits per heavy atom. The number of fused-ring (bicyclic) bond motifs is 6. The van der Waals surface area contributed by atoms with E-state index in [0.29, 0.717) is 38.2 Å². The molecular weight excluding hydrogens is 520 g/mol. The van der Waals surface area contributed by atoms with E-state index in [9.17, 15) is 0 Å². The number of rotatable bonds is 3. The zero-order valence-corrected chi connectivity index (χ0v) is 22.6. The third kappa shape index (κ3) is 3.72. The van der Waals surface area contributed by atoms with Crippen molar-refractivity contribution in [2.75, 3.05) is 0 Å². The number of para-hydroxylation sites is 2. The summed E-state index contributed by atoms with van der Waals surface area (Å²) < 4.78 is 100. The fourth-order valence-electron chi connectivity index (χ4n) is 6.19. The smallest absolute Gasteiger partial charge is 0.143 e. The summed E-state index contributed by atoms with van der Waals surface area (Å²) in [6.07, 6.45) is 0. The van der Waals surface area contributed by atoms with Crippen molar-refractivity contribution in [1.82, 2.24) is 0 Å². The Morgan fingerprint density at radius 3 is 1.72 bits per heavy atom. The van der Waals surface area contributed by atoms with Crippen LogP contribution in [-0.2, 0) is 0 Å². The van der Waals surface area contributed by atoms with Gasteiger partial charge in [0.15, 0.2) is 0 Å². The molecule has 9 rings (SSSR count). The van der Waals surface area contributed by atoms with Crippen LogP contribution in [0.25, 0.3) is 87.6 Å². The molecule has 0 unspecified atom stereocenters. The summed E-state index contributed by atoms with van der Waals surface area (Å²) in [5.74, 6) is 0. The maximum atomic E-state index is 8.89. The monoisotopic (exact) mass is 557 g/mol. The lowest BCUT2D eigenvalue weighted by Crippen LogP contribution is -1.91. The Bertz CT molecular complexity index is 3040. The predicted molar refractivity (Wildman–Crippen MR) is 183 cm³/mol. The van der Waals surface area contributed by atoms with E-state index in [4.69, 9.17) is 19.5 Å². The molecule has 0 atom stereocenters. The van der Waals surface area contributed by atoms with E-state index in [0.717, 1.165) is 21.9 Å². The van der Waals surface area contributed by atoms with Gasteiger partial charge in [0.25, 0.3) is 0 Å². The number of benzene rings is 8. The van der Waals surface area contributed by atoms with Gasteiger partial charge in [-0.15, -0.1) is 0 Å². The minimum absolute atomic E-state index is 0.00929. The number of hydrogen-bond acceptors (Lipinski definition) is 1. The molecule has 0 saturated heterocycles. The predicted octanol–water partition coefficient (Wildman–Crippen LogP) is 12.0. The average molecular weight is 558 g/mol. The van der Waals surface area contributed by atoms with Gasteiger partial charge in [0.05, 0.1) is 15.1 Å². The molecule has 0 spiro atoms. The third-order valence-electron chi connectivity index (χ3n) is 8.13. The molecule has 200 valence electrons. The summed E-state index contributed by atoms with van der Waals surface area (Å²) in [4.78, 5) is 0. The van der Waals surface area contributed by atoms with Crippen LogP contribution in [0, 0.1) is 0 Å². The van der Waals surface area contributed by atoms with Gasteiger partial charge in [0, 0.05) is 16.3 Å². The van der Waals surface area contributed by atoms with Gasteiger partial charge in [-0.1, -0.05) is 145 Å². The van der Waals surface area contributed by atoms with Gasteiger partial charge in [0.2, 0.25) is 0 Å². The van der Waals surface area contributed by atoms with Crippen LogP contribution in [0.5, 0.6) is 0 Å². The molecule has 0 N–H and O–H groups in total. The number of furan rings is 1. The molecule has 1 nitrogen and oxygen atoms in total. The highest BCUT2D eigenvalue weighted by Crippen LogP contribution is 2.44. The molecule has 8 aromatic carbocycles. The van der Waals surface area contributed by atoms with Gasteiger partial charge >= 0.3 is 0 Å². The Morgan fingerprint density at radius 1 is 0.419 bits per heavy atom. The first-order valence-corrected chi connectivity index (χ1v) is 13.9. The first-order valence-electron chi connectivity index (χ1n) is 19.4. The van der Waals surface area contributed by atoms with Gasteiger partial charge in [0.1, 0.15) is 11.2 Å². The lowest BCUT2D eigenvalue weighted by molar-refractivity contribution is 0.670. The Kier molecular flexibility index (Phi) is 3.41. The van der Waals surface area contributed by atoms with Crippen LogP contribution in [0.2, 0.25) is 0 Å². The van der Waals surface area contributed by atoms with Crippen molar-refractivity contribution in [2.24, 2.45) is 0 Å². The number of hydrogen-bond donors (Lipinski definition) is 0. The van der Waals surface area contributed by atoms with Crippen molar-refractivity contribution in [2.45, 2.75) is 0 Å². The van der Waals surface area contributed by atoms with Gasteiger partial charge in [-0.05, 0) is 72.2 Å². The Balaban J connectivity index is 1.32. The first kappa shape index (κ1) is 15.5. The molecule has 0 bridgehead atoms. The first-order chi connectivity index (χ1) is 25.8. The van der Waals surface area contributed by atoms with E-state index >= 15 is 0 Å². The quantitative estimate of drug-likeness (QED) is 0.197. The van der Waals surface area contributed by atoms with Crippen LogP contribution in [0.3, 0.4) is 0 Å². The van der Waals surface area contributed by atoms with Crippen molar-refractivity contribution >= 4 is 54.3 Å². The molecule has 1 heteroatoms. The third-order valence-corrected chi connectivity index (χ3v) is 8.13. The second-order valence-corrected chi connectivity index (χ2v) is 10.5. The Labute approximate surface area is 264 Å². The van der Waals surface area contributed by atoms with Crippen molar-refractivity contribution in [3.63, 3.8) is 0 Å². The molecule has 0 aliphatic heterocycles. The van der Waals surface area contributed by atoms with E-state index in [-0.39, 0.29) is 63.8 Å². The second kappa shape index (κ2) is 9.44. The Hall–Kier alpha value is -5.66. The maximum Gasteiger partial charge on any atom is 0.143 e. The molecule has 43 heavy (non-hydrogen) atoms. The molecule has 0 radical (unpaired) electrons. The van der Waals surface area contributed by atoms with Crippen molar-refractivity contribution < 1.29 is 19.5 Å². The van der Waals surface area contributed by atoms with Crippen molar-refractivity contribution in [3.8, 4) is 33.4 Å². The summed E-state index contributed by atoms with van der Waals surface area (Å²) in [5, 5.41) is 4.85. The SMILES string of the molecule is [2H]c1cc2c(-c3ccc(-c4c([2H])c([2H])c([2H])c5c4oc4c([2H])c([2H])c([2H])c([2H])c45)cc3)c3cc([2H])c([2H])cc3c(-c3ccc4ccccc4c3)c2cc1[2H]. The van der Waals surface area contributed by atoms with E-state index in [1.54, 1.807) is 48.5 Å². The fourth-order valence-corrected chi connectivity index (χ4v) is 6.19. The summed E-state index contributed by atoms with van der Waals surface area (Å²) in [5.41, 5.74) is 3.48. The molecule has 9 aromatic rings.